The van der Waals surface area contributed by atoms with Crippen molar-refractivity contribution in [2.24, 2.45) is 14.1 Å². The van der Waals surface area contributed by atoms with Crippen LogP contribution in [-0.4, -0.2) is 20.3 Å². The fourth-order valence-corrected chi connectivity index (χ4v) is 2.17. The van der Waals surface area contributed by atoms with Gasteiger partial charge in [-0.2, -0.15) is 5.10 Å². The Morgan fingerprint density at radius 1 is 1.16 bits per heavy atom. The van der Waals surface area contributed by atoms with Crippen LogP contribution in [0.4, 0.5) is 5.82 Å². The molecule has 96 valence electrons. The summed E-state index contributed by atoms with van der Waals surface area (Å²) in [6.45, 7) is 0. The van der Waals surface area contributed by atoms with Crippen molar-refractivity contribution in [1.29, 1.82) is 0 Å². The first kappa shape index (κ1) is 11.5. The number of aryl methyl sites for hydroxylation is 2. The molecule has 0 radical (unpaired) electrons. The van der Waals surface area contributed by atoms with Gasteiger partial charge in [-0.25, -0.2) is 0 Å². The minimum absolute atomic E-state index is 0.143. The molecule has 0 aliphatic heterocycles. The lowest BCUT2D eigenvalue weighted by molar-refractivity contribution is 0.102. The number of hydrogen-bond donors (Lipinski definition) is 1. The van der Waals surface area contributed by atoms with E-state index >= 15 is 0 Å². The number of anilines is 1. The average molecular weight is 254 g/mol. The van der Waals surface area contributed by atoms with Gasteiger partial charge in [0, 0.05) is 49.0 Å². The van der Waals surface area contributed by atoms with Crippen LogP contribution in [0, 0.1) is 0 Å². The Hall–Kier alpha value is -2.56. The van der Waals surface area contributed by atoms with Crippen molar-refractivity contribution in [2.45, 2.75) is 0 Å². The van der Waals surface area contributed by atoms with Gasteiger partial charge in [0.15, 0.2) is 5.82 Å². The number of aromatic nitrogens is 3. The standard InChI is InChI=1S/C14H14N4O/c1-17-8-6-10-11(4-3-5-12(10)17)14(19)15-13-7-9-18(2)16-13/h3-9H,1-2H3,(H,15,16,19). The van der Waals surface area contributed by atoms with Crippen molar-refractivity contribution in [2.75, 3.05) is 5.32 Å². The number of rotatable bonds is 2. The Balaban J connectivity index is 1.97. The molecule has 5 nitrogen and oxygen atoms in total. The van der Waals surface area contributed by atoms with E-state index in [2.05, 4.69) is 10.4 Å². The summed E-state index contributed by atoms with van der Waals surface area (Å²) in [4.78, 5) is 12.3. The number of amides is 1. The van der Waals surface area contributed by atoms with Gasteiger partial charge < -0.3 is 9.88 Å². The fourth-order valence-electron chi connectivity index (χ4n) is 2.17. The maximum Gasteiger partial charge on any atom is 0.257 e. The molecule has 0 aliphatic carbocycles. The van der Waals surface area contributed by atoms with E-state index in [4.69, 9.17) is 0 Å². The molecule has 0 bridgehead atoms. The lowest BCUT2D eigenvalue weighted by Gasteiger charge is -2.04. The number of carbonyl (C=O) groups is 1. The zero-order valence-electron chi connectivity index (χ0n) is 10.8. The van der Waals surface area contributed by atoms with Crippen LogP contribution in [0.3, 0.4) is 0 Å². The maximum absolute atomic E-state index is 12.3. The molecular weight excluding hydrogens is 240 g/mol. The summed E-state index contributed by atoms with van der Waals surface area (Å²) in [5, 5.41) is 7.88. The number of nitrogens with zero attached hydrogens (tertiary/aromatic N) is 3. The Morgan fingerprint density at radius 2 is 2.00 bits per heavy atom. The maximum atomic E-state index is 12.3. The summed E-state index contributed by atoms with van der Waals surface area (Å²) in [7, 11) is 3.77. The quantitative estimate of drug-likeness (QED) is 0.762. The predicted molar refractivity (Wildman–Crippen MR) is 74.1 cm³/mol. The monoisotopic (exact) mass is 254 g/mol. The van der Waals surface area contributed by atoms with E-state index in [1.165, 1.54) is 0 Å². The zero-order chi connectivity index (χ0) is 13.4. The van der Waals surface area contributed by atoms with Gasteiger partial charge in [-0.1, -0.05) is 6.07 Å². The molecule has 3 rings (SSSR count). The number of fused-ring (bicyclic) bond motifs is 1. The van der Waals surface area contributed by atoms with Gasteiger partial charge >= 0.3 is 0 Å². The van der Waals surface area contributed by atoms with Crippen molar-refractivity contribution in [1.82, 2.24) is 14.3 Å². The average Bonchev–Trinajstić information content (AvgIpc) is 2.96. The molecule has 1 aromatic carbocycles. The van der Waals surface area contributed by atoms with Crippen molar-refractivity contribution in [3.63, 3.8) is 0 Å². The summed E-state index contributed by atoms with van der Waals surface area (Å²) in [5.74, 6) is 0.413. The Bertz CT molecular complexity index is 754. The lowest BCUT2D eigenvalue weighted by atomic mass is 10.1. The van der Waals surface area contributed by atoms with Crippen LogP contribution < -0.4 is 5.32 Å². The van der Waals surface area contributed by atoms with Gasteiger partial charge in [-0.15, -0.1) is 0 Å². The van der Waals surface area contributed by atoms with E-state index in [1.54, 1.807) is 16.9 Å². The molecule has 0 saturated carbocycles. The van der Waals surface area contributed by atoms with Gasteiger partial charge in [0.05, 0.1) is 0 Å². The van der Waals surface area contributed by atoms with Gasteiger partial charge in [0.25, 0.3) is 5.91 Å². The summed E-state index contributed by atoms with van der Waals surface area (Å²) >= 11 is 0. The van der Waals surface area contributed by atoms with E-state index in [1.807, 2.05) is 49.1 Å². The molecule has 1 N–H and O–H groups in total. The van der Waals surface area contributed by atoms with E-state index in [0.29, 0.717) is 11.4 Å². The first-order valence-electron chi connectivity index (χ1n) is 6.00. The van der Waals surface area contributed by atoms with E-state index in [-0.39, 0.29) is 5.91 Å². The second-order valence-corrected chi connectivity index (χ2v) is 4.49. The summed E-state index contributed by atoms with van der Waals surface area (Å²) in [6, 6.07) is 9.41. The minimum atomic E-state index is -0.143. The molecule has 0 unspecified atom stereocenters. The molecule has 2 aromatic heterocycles. The number of benzene rings is 1. The van der Waals surface area contributed by atoms with Gasteiger partial charge in [-0.3, -0.25) is 9.48 Å². The van der Waals surface area contributed by atoms with Crippen molar-refractivity contribution < 1.29 is 4.79 Å². The highest BCUT2D eigenvalue weighted by Gasteiger charge is 2.12. The second-order valence-electron chi connectivity index (χ2n) is 4.49. The third-order valence-corrected chi connectivity index (χ3v) is 3.13. The molecule has 2 heterocycles. The molecule has 0 fully saturated rings. The molecule has 1 amide bonds. The Morgan fingerprint density at radius 3 is 2.74 bits per heavy atom. The third kappa shape index (κ3) is 1.99. The predicted octanol–water partition coefficient (Wildman–Crippen LogP) is 2.16. The van der Waals surface area contributed by atoms with Crippen molar-refractivity contribution in [3.8, 4) is 0 Å². The second kappa shape index (κ2) is 4.28. The first-order chi connectivity index (χ1) is 9.15. The Kier molecular flexibility index (Phi) is 2.59. The molecule has 5 heteroatoms. The number of hydrogen-bond acceptors (Lipinski definition) is 2. The van der Waals surface area contributed by atoms with Crippen LogP contribution in [-0.2, 0) is 14.1 Å². The smallest absolute Gasteiger partial charge is 0.257 e. The Labute approximate surface area is 110 Å². The minimum Gasteiger partial charge on any atom is -0.351 e. The summed E-state index contributed by atoms with van der Waals surface area (Å²) in [6.07, 6.45) is 3.74. The molecular formula is C14H14N4O. The molecule has 0 spiro atoms. The van der Waals surface area contributed by atoms with Crippen LogP contribution in [0.1, 0.15) is 10.4 Å². The topological polar surface area (TPSA) is 51.9 Å². The molecule has 0 aliphatic rings. The number of nitrogens with one attached hydrogen (secondary N) is 1. The van der Waals surface area contributed by atoms with Gasteiger partial charge in [0.1, 0.15) is 0 Å². The highest BCUT2D eigenvalue weighted by Crippen LogP contribution is 2.20. The van der Waals surface area contributed by atoms with Crippen molar-refractivity contribution >= 4 is 22.6 Å². The van der Waals surface area contributed by atoms with Crippen LogP contribution >= 0.6 is 0 Å². The van der Waals surface area contributed by atoms with E-state index in [0.717, 1.165) is 10.9 Å². The number of carbonyl (C=O) groups excluding carboxylic acids is 1. The zero-order valence-corrected chi connectivity index (χ0v) is 10.8. The van der Waals surface area contributed by atoms with Gasteiger partial charge in [-0.05, 0) is 18.2 Å². The van der Waals surface area contributed by atoms with E-state index in [9.17, 15) is 4.79 Å². The molecule has 0 saturated heterocycles. The molecule has 3 aromatic rings. The lowest BCUT2D eigenvalue weighted by Crippen LogP contribution is -2.12. The first-order valence-corrected chi connectivity index (χ1v) is 6.00. The highest BCUT2D eigenvalue weighted by atomic mass is 16.1. The van der Waals surface area contributed by atoms with Crippen LogP contribution in [0.25, 0.3) is 10.9 Å². The highest BCUT2D eigenvalue weighted by molar-refractivity contribution is 6.12. The molecule has 19 heavy (non-hydrogen) atoms. The fraction of sp³-hybridized carbons (Fsp3) is 0.143. The van der Waals surface area contributed by atoms with Crippen molar-refractivity contribution in [3.05, 3.63) is 48.3 Å². The summed E-state index contributed by atoms with van der Waals surface area (Å²) in [5.41, 5.74) is 1.69. The SMILES string of the molecule is Cn1ccc(NC(=O)c2cccc3c2ccn3C)n1. The van der Waals surface area contributed by atoms with Gasteiger partial charge in [0.2, 0.25) is 0 Å². The van der Waals surface area contributed by atoms with E-state index < -0.39 is 0 Å². The van der Waals surface area contributed by atoms with Crippen LogP contribution in [0.15, 0.2) is 42.7 Å². The third-order valence-electron chi connectivity index (χ3n) is 3.13. The largest absolute Gasteiger partial charge is 0.351 e. The normalized spacial score (nSPS) is 10.8. The molecule has 0 atom stereocenters. The van der Waals surface area contributed by atoms with Crippen LogP contribution in [0.5, 0.6) is 0 Å². The van der Waals surface area contributed by atoms with Crippen LogP contribution in [0.2, 0.25) is 0 Å². The summed E-state index contributed by atoms with van der Waals surface area (Å²) < 4.78 is 3.64.